The van der Waals surface area contributed by atoms with E-state index in [1.807, 2.05) is 24.4 Å². The summed E-state index contributed by atoms with van der Waals surface area (Å²) >= 11 is 0. The van der Waals surface area contributed by atoms with E-state index in [1.165, 1.54) is 11.0 Å². The number of rotatable bonds is 3. The van der Waals surface area contributed by atoms with E-state index in [1.54, 1.807) is 6.20 Å². The summed E-state index contributed by atoms with van der Waals surface area (Å²) in [5.41, 5.74) is 1.54. The van der Waals surface area contributed by atoms with Crippen molar-refractivity contribution in [2.24, 2.45) is 4.99 Å². The van der Waals surface area contributed by atoms with Crippen molar-refractivity contribution in [3.05, 3.63) is 43.3 Å². The van der Waals surface area contributed by atoms with Gasteiger partial charge in [0.05, 0.1) is 18.4 Å². The van der Waals surface area contributed by atoms with Gasteiger partial charge in [0.25, 0.3) is 0 Å². The number of ether oxygens (including phenoxy) is 2. The smallest absolute Gasteiger partial charge is 0.414 e. The average molecular weight is 314 g/mol. The highest BCUT2D eigenvalue weighted by atomic mass is 16.6. The Labute approximate surface area is 132 Å². The number of hydrogen-bond donors (Lipinski definition) is 2. The number of amides is 1. The van der Waals surface area contributed by atoms with E-state index in [0.29, 0.717) is 18.0 Å². The predicted octanol–water partition coefficient (Wildman–Crippen LogP) is 0.351. The first-order chi connectivity index (χ1) is 11.2. The molecule has 3 heterocycles. The van der Waals surface area contributed by atoms with Gasteiger partial charge in [-0.15, -0.1) is 6.58 Å². The second-order valence-electron chi connectivity index (χ2n) is 5.51. The van der Waals surface area contributed by atoms with Crippen LogP contribution in [0.25, 0.3) is 0 Å². The molecule has 1 aromatic rings. The number of aliphatic hydroxyl groups excluding tert-OH is 1. The maximum atomic E-state index is 12.2. The van der Waals surface area contributed by atoms with Gasteiger partial charge in [-0.3, -0.25) is 4.90 Å². The highest BCUT2D eigenvalue weighted by molar-refractivity contribution is 5.94. The van der Waals surface area contributed by atoms with Crippen LogP contribution in [0.5, 0.6) is 5.75 Å². The van der Waals surface area contributed by atoms with Gasteiger partial charge in [0.15, 0.2) is 18.4 Å². The number of para-hydroxylation sites is 1. The second-order valence-corrected chi connectivity index (χ2v) is 5.51. The zero-order valence-corrected chi connectivity index (χ0v) is 12.3. The Bertz CT molecular complexity index is 743. The molecule has 3 aliphatic heterocycles. The monoisotopic (exact) mass is 314 g/mol. The van der Waals surface area contributed by atoms with E-state index in [9.17, 15) is 9.90 Å². The molecule has 1 fully saturated rings. The molecule has 7 nitrogen and oxygen atoms in total. The topological polar surface area (TPSA) is 75.8 Å². The highest BCUT2D eigenvalue weighted by Crippen LogP contribution is 2.38. The number of benzene rings is 1. The minimum Gasteiger partial charge on any atom is -0.473 e. The number of quaternary nitrogens is 1. The fourth-order valence-electron chi connectivity index (χ4n) is 2.98. The molecular formula is C16H16N3O4+. The van der Waals surface area contributed by atoms with Crippen molar-refractivity contribution in [3.63, 3.8) is 0 Å². The number of carbonyl (C=O) groups excluding carboxylic acids is 1. The van der Waals surface area contributed by atoms with Crippen LogP contribution in [0.3, 0.4) is 0 Å². The molecular weight excluding hydrogens is 298 g/mol. The fourth-order valence-corrected chi connectivity index (χ4v) is 2.98. The summed E-state index contributed by atoms with van der Waals surface area (Å²) in [7, 11) is 0. The first kappa shape index (κ1) is 14.0. The number of anilines is 1. The summed E-state index contributed by atoms with van der Waals surface area (Å²) in [5, 5.41) is 9.82. The summed E-state index contributed by atoms with van der Waals surface area (Å²) in [5.74, 6) is 1.53. The van der Waals surface area contributed by atoms with Crippen LogP contribution in [0.1, 0.15) is 0 Å². The zero-order valence-electron chi connectivity index (χ0n) is 12.3. The lowest BCUT2D eigenvalue weighted by Crippen LogP contribution is -3.06. The van der Waals surface area contributed by atoms with E-state index in [4.69, 9.17) is 9.47 Å². The van der Waals surface area contributed by atoms with Gasteiger partial charge in [-0.05, 0) is 6.07 Å². The van der Waals surface area contributed by atoms with Crippen LogP contribution >= 0.6 is 0 Å². The van der Waals surface area contributed by atoms with Crippen molar-refractivity contribution in [1.82, 2.24) is 0 Å². The number of aliphatic hydroxyl groups is 1. The van der Waals surface area contributed by atoms with E-state index in [0.717, 1.165) is 16.4 Å². The van der Waals surface area contributed by atoms with Gasteiger partial charge >= 0.3 is 6.09 Å². The third-order valence-corrected chi connectivity index (χ3v) is 4.17. The summed E-state index contributed by atoms with van der Waals surface area (Å²) in [6, 6.07) is 5.62. The van der Waals surface area contributed by atoms with Crippen molar-refractivity contribution in [2.75, 3.05) is 18.1 Å². The second kappa shape index (κ2) is 5.22. The van der Waals surface area contributed by atoms with Gasteiger partial charge in [-0.1, -0.05) is 12.1 Å². The standard InChI is InChI=1S/C16H15N3O4/c1-2-12(20)13-8-19(16(21)23-13)11-5-3-4-10-15(11)22-9-14-17-6-7-18(10)14/h2-7,12-13,20H,1,8-9H2/p+1/t12?,13-/m1/s1. The number of nitrogens with zero attached hydrogens (tertiary/aromatic N) is 2. The molecule has 23 heavy (non-hydrogen) atoms. The molecule has 0 spiro atoms. The molecule has 3 atom stereocenters. The van der Waals surface area contributed by atoms with Crippen LogP contribution in [-0.4, -0.2) is 42.4 Å². The lowest BCUT2D eigenvalue weighted by molar-refractivity contribution is -0.669. The van der Waals surface area contributed by atoms with E-state index in [2.05, 4.69) is 11.6 Å². The molecule has 4 rings (SSSR count). The third-order valence-electron chi connectivity index (χ3n) is 4.17. The van der Waals surface area contributed by atoms with Crippen LogP contribution in [0.15, 0.2) is 48.2 Å². The molecule has 0 aromatic heterocycles. The lowest BCUT2D eigenvalue weighted by Gasteiger charge is -2.25. The van der Waals surface area contributed by atoms with Crippen LogP contribution in [0.2, 0.25) is 0 Å². The molecule has 1 amide bonds. The molecule has 118 valence electrons. The number of hydrogen-bond acceptors (Lipinski definition) is 5. The SMILES string of the molecule is C=CC(O)[C@H]1CN(c2cccc3c2OCC2=NC=C[NH+]23)C(=O)O1. The Morgan fingerprint density at radius 2 is 2.39 bits per heavy atom. The van der Waals surface area contributed by atoms with Crippen molar-refractivity contribution in [1.29, 1.82) is 0 Å². The Kier molecular flexibility index (Phi) is 3.17. The van der Waals surface area contributed by atoms with Crippen molar-refractivity contribution in [2.45, 2.75) is 12.2 Å². The number of aliphatic imine (C=N–C) groups is 1. The average Bonchev–Trinajstić information content (AvgIpc) is 3.20. The van der Waals surface area contributed by atoms with Crippen molar-refractivity contribution >= 4 is 23.3 Å². The number of fused-ring (bicyclic) bond motifs is 3. The Hall–Kier alpha value is -2.64. The van der Waals surface area contributed by atoms with Crippen LogP contribution < -0.4 is 14.5 Å². The Morgan fingerprint density at radius 1 is 1.52 bits per heavy atom. The fraction of sp³-hybridized carbons (Fsp3) is 0.250. The largest absolute Gasteiger partial charge is 0.473 e. The third kappa shape index (κ3) is 2.13. The summed E-state index contributed by atoms with van der Waals surface area (Å²) in [4.78, 5) is 18.9. The first-order valence-electron chi connectivity index (χ1n) is 7.34. The Morgan fingerprint density at radius 3 is 3.22 bits per heavy atom. The molecule has 0 aliphatic carbocycles. The van der Waals surface area contributed by atoms with Crippen LogP contribution in [-0.2, 0) is 4.74 Å². The molecule has 1 aromatic carbocycles. The molecule has 0 radical (unpaired) electrons. The predicted molar refractivity (Wildman–Crippen MR) is 83.0 cm³/mol. The molecule has 7 heteroatoms. The minimum atomic E-state index is -0.893. The Balaban J connectivity index is 1.70. The van der Waals surface area contributed by atoms with Gasteiger partial charge in [0.2, 0.25) is 11.6 Å². The molecule has 1 saturated heterocycles. The van der Waals surface area contributed by atoms with Gasteiger partial charge in [0, 0.05) is 6.07 Å². The number of carbonyl (C=O) groups is 1. The number of cyclic esters (lactones) is 1. The molecule has 0 saturated carbocycles. The summed E-state index contributed by atoms with van der Waals surface area (Å²) in [6.07, 6.45) is 3.02. The van der Waals surface area contributed by atoms with E-state index < -0.39 is 18.3 Å². The highest BCUT2D eigenvalue weighted by Gasteiger charge is 2.40. The van der Waals surface area contributed by atoms with Gasteiger partial charge < -0.3 is 14.6 Å². The molecule has 3 aliphatic rings. The summed E-state index contributed by atoms with van der Waals surface area (Å²) < 4.78 is 11.1. The lowest BCUT2D eigenvalue weighted by atomic mass is 10.1. The molecule has 0 bridgehead atoms. The minimum absolute atomic E-state index is 0.248. The normalized spacial score (nSPS) is 26.0. The van der Waals surface area contributed by atoms with Gasteiger partial charge in [-0.2, -0.15) is 4.99 Å². The number of amidine groups is 1. The first-order valence-corrected chi connectivity index (χ1v) is 7.34. The number of nitrogens with one attached hydrogen (secondary N) is 1. The van der Waals surface area contributed by atoms with E-state index in [-0.39, 0.29) is 6.54 Å². The zero-order chi connectivity index (χ0) is 16.0. The van der Waals surface area contributed by atoms with E-state index >= 15 is 0 Å². The maximum Gasteiger partial charge on any atom is 0.414 e. The molecule has 2 unspecified atom stereocenters. The van der Waals surface area contributed by atoms with Crippen molar-refractivity contribution < 1.29 is 24.3 Å². The van der Waals surface area contributed by atoms with Crippen molar-refractivity contribution in [3.8, 4) is 5.75 Å². The van der Waals surface area contributed by atoms with Gasteiger partial charge in [-0.25, -0.2) is 9.69 Å². The quantitative estimate of drug-likeness (QED) is 0.790. The molecule has 2 N–H and O–H groups in total. The van der Waals surface area contributed by atoms with Crippen LogP contribution in [0.4, 0.5) is 16.2 Å². The summed E-state index contributed by atoms with van der Waals surface area (Å²) in [6.45, 7) is 4.14. The maximum absolute atomic E-state index is 12.2. The van der Waals surface area contributed by atoms with Crippen LogP contribution in [0, 0.1) is 0 Å². The van der Waals surface area contributed by atoms with Gasteiger partial charge in [0.1, 0.15) is 12.3 Å².